The number of nitrogens with one attached hydrogen (secondary N) is 2. The number of methoxy groups -OCH3 is 1. The Kier molecular flexibility index (Phi) is 7.11. The average Bonchev–Trinajstić information content (AvgIpc) is 3.73. The molecule has 0 unspecified atom stereocenters. The lowest BCUT2D eigenvalue weighted by Crippen LogP contribution is -2.16. The van der Waals surface area contributed by atoms with Crippen LogP contribution in [0, 0.1) is 13.8 Å². The summed E-state index contributed by atoms with van der Waals surface area (Å²) in [5.74, 6) is -1.91. The first kappa shape index (κ1) is 28.6. The molecule has 0 aromatic carbocycles. The number of carbonyl (C=O) groups is 2. The van der Waals surface area contributed by atoms with Crippen LogP contribution in [0.1, 0.15) is 108 Å². The van der Waals surface area contributed by atoms with Crippen molar-refractivity contribution in [1.82, 2.24) is 19.9 Å². The summed E-state index contributed by atoms with van der Waals surface area (Å²) in [6.45, 7) is 14.6. The Morgan fingerprint density at radius 2 is 1.79 bits per heavy atom. The first-order chi connectivity index (χ1) is 20.6. The molecule has 0 amide bonds. The zero-order valence-electron chi connectivity index (χ0n) is 25.6. The van der Waals surface area contributed by atoms with E-state index in [1.54, 1.807) is 0 Å². The number of aromatic nitrogens is 4. The first-order valence-electron chi connectivity index (χ1n) is 15.0. The number of esters is 1. The minimum absolute atomic E-state index is 0.0122. The Morgan fingerprint density at radius 3 is 2.47 bits per heavy atom. The molecule has 3 N–H and O–H groups in total. The van der Waals surface area contributed by atoms with Gasteiger partial charge in [-0.2, -0.15) is 0 Å². The Balaban J connectivity index is 1.79. The quantitative estimate of drug-likeness (QED) is 0.261. The van der Waals surface area contributed by atoms with Gasteiger partial charge in [-0.3, -0.25) is 14.6 Å². The van der Waals surface area contributed by atoms with Gasteiger partial charge in [0.05, 0.1) is 30.1 Å². The summed E-state index contributed by atoms with van der Waals surface area (Å²) in [5.41, 5.74) is 14.5. The topological polar surface area (TPSA) is 121 Å². The minimum atomic E-state index is -0.851. The molecule has 8 nitrogen and oxygen atoms in total. The predicted octanol–water partition coefficient (Wildman–Crippen LogP) is 7.48. The molecular weight excluding hydrogens is 540 g/mol. The number of ether oxygens (including phenoxy) is 1. The largest absolute Gasteiger partial charge is 0.481 e. The number of fused-ring (bicyclic) bond motifs is 8. The highest BCUT2D eigenvalue weighted by Crippen LogP contribution is 2.48. The van der Waals surface area contributed by atoms with Gasteiger partial charge in [-0.1, -0.05) is 26.5 Å². The number of nitrogens with zero attached hydrogens (tertiary/aromatic N) is 2. The number of hydrogen-bond donors (Lipinski definition) is 3. The zero-order chi connectivity index (χ0) is 30.7. The second-order valence-corrected chi connectivity index (χ2v) is 11.9. The molecule has 3 atom stereocenters. The fourth-order valence-corrected chi connectivity index (χ4v) is 7.20. The van der Waals surface area contributed by atoms with Gasteiger partial charge in [-0.15, -0.1) is 0 Å². The molecule has 6 rings (SSSR count). The van der Waals surface area contributed by atoms with Crippen LogP contribution in [0.5, 0.6) is 0 Å². The van der Waals surface area contributed by atoms with E-state index in [9.17, 15) is 14.7 Å². The number of aliphatic carboxylic acids is 1. The third kappa shape index (κ3) is 4.51. The van der Waals surface area contributed by atoms with Gasteiger partial charge in [0.2, 0.25) is 0 Å². The van der Waals surface area contributed by atoms with E-state index >= 15 is 0 Å². The van der Waals surface area contributed by atoms with Gasteiger partial charge in [0, 0.05) is 57.1 Å². The van der Waals surface area contributed by atoms with Crippen molar-refractivity contribution >= 4 is 51.2 Å². The SMILES string of the molecule is C=Cc1c(C)c2cc3nc(c4c5[nH]c(cc6nc(cc1[nH]2)C(C)=C6CC)c(C)c5C[C@@H]4C(=O)OC)[C@@H](CCC(=O)O)[C@@H]3C. The van der Waals surface area contributed by atoms with Crippen molar-refractivity contribution in [2.45, 2.75) is 78.1 Å². The maximum atomic E-state index is 13.2. The Morgan fingerprint density at radius 1 is 1.07 bits per heavy atom. The molecule has 3 aromatic heterocycles. The van der Waals surface area contributed by atoms with Gasteiger partial charge in [0.1, 0.15) is 0 Å². The van der Waals surface area contributed by atoms with Crippen LogP contribution >= 0.6 is 0 Å². The molecular formula is C35H38N4O4. The summed E-state index contributed by atoms with van der Waals surface area (Å²) in [4.78, 5) is 42.5. The molecule has 0 fully saturated rings. The molecule has 0 spiro atoms. The highest BCUT2D eigenvalue weighted by atomic mass is 16.5. The van der Waals surface area contributed by atoms with Crippen LogP contribution in [0.3, 0.4) is 0 Å². The average molecular weight is 579 g/mol. The highest BCUT2D eigenvalue weighted by molar-refractivity contribution is 5.94. The fraction of sp³-hybridized carbons (Fsp3) is 0.371. The van der Waals surface area contributed by atoms with E-state index in [1.807, 2.05) is 6.08 Å². The van der Waals surface area contributed by atoms with Gasteiger partial charge >= 0.3 is 11.9 Å². The lowest BCUT2D eigenvalue weighted by molar-refractivity contribution is -0.142. The summed E-state index contributed by atoms with van der Waals surface area (Å²) in [5, 5.41) is 9.61. The van der Waals surface area contributed by atoms with E-state index in [2.05, 4.69) is 69.4 Å². The van der Waals surface area contributed by atoms with Crippen LogP contribution in [0.2, 0.25) is 0 Å². The molecule has 8 heteroatoms. The molecule has 43 heavy (non-hydrogen) atoms. The van der Waals surface area contributed by atoms with Gasteiger partial charge in [-0.05, 0) is 86.1 Å². The number of hydrogen-bond acceptors (Lipinski definition) is 5. The van der Waals surface area contributed by atoms with Crippen molar-refractivity contribution in [3.05, 3.63) is 75.4 Å². The third-order valence-corrected chi connectivity index (χ3v) is 9.71. The molecule has 1 aliphatic carbocycles. The maximum absolute atomic E-state index is 13.2. The summed E-state index contributed by atoms with van der Waals surface area (Å²) in [6.07, 6.45) is 3.63. The van der Waals surface area contributed by atoms with Crippen LogP contribution in [-0.4, -0.2) is 44.1 Å². The molecule has 5 heterocycles. The standard InChI is InChI=1S/C35H38N4O4/c1-8-20-16(3)25-13-27-18(5)22(10-11-31(40)41)33(38-27)32-24(35(42)43-7)12-23-19(6)28(39-34(23)32)15-30-21(9-2)17(4)26(37-30)14-29(20)36-25/h8,13-15,18,22,24,36,39H,1,9-12H2,2-7H3,(H,40,41)/t18-,22-,24-/m0/s1. The molecule has 8 bridgehead atoms. The number of carboxylic acid groups (broad SMARTS) is 1. The van der Waals surface area contributed by atoms with Crippen molar-refractivity contribution < 1.29 is 19.4 Å². The molecule has 222 valence electrons. The second-order valence-electron chi connectivity index (χ2n) is 11.9. The summed E-state index contributed by atoms with van der Waals surface area (Å²) in [6, 6.07) is 6.27. The number of allylic oxidation sites excluding steroid dienone is 2. The van der Waals surface area contributed by atoms with Crippen LogP contribution in [0.4, 0.5) is 0 Å². The van der Waals surface area contributed by atoms with E-state index in [0.29, 0.717) is 12.8 Å². The van der Waals surface area contributed by atoms with Crippen molar-refractivity contribution in [1.29, 1.82) is 0 Å². The van der Waals surface area contributed by atoms with Gasteiger partial charge in [0.15, 0.2) is 0 Å². The predicted molar refractivity (Wildman–Crippen MR) is 170 cm³/mol. The van der Waals surface area contributed by atoms with Crippen LogP contribution in [-0.2, 0) is 20.7 Å². The molecule has 0 saturated heterocycles. The number of rotatable bonds is 6. The second kappa shape index (κ2) is 10.7. The maximum Gasteiger partial charge on any atom is 0.313 e. The van der Waals surface area contributed by atoms with Crippen LogP contribution in [0.25, 0.3) is 39.3 Å². The molecule has 3 aliphatic rings. The fourth-order valence-electron chi connectivity index (χ4n) is 7.20. The van der Waals surface area contributed by atoms with E-state index in [4.69, 9.17) is 14.7 Å². The van der Waals surface area contributed by atoms with Gasteiger partial charge in [-0.25, -0.2) is 4.98 Å². The lowest BCUT2D eigenvalue weighted by atomic mass is 9.84. The van der Waals surface area contributed by atoms with Gasteiger partial charge < -0.3 is 19.8 Å². The minimum Gasteiger partial charge on any atom is -0.481 e. The summed E-state index contributed by atoms with van der Waals surface area (Å²) >= 11 is 0. The van der Waals surface area contributed by atoms with Crippen molar-refractivity contribution in [3.8, 4) is 0 Å². The zero-order valence-corrected chi connectivity index (χ0v) is 25.6. The third-order valence-electron chi connectivity index (χ3n) is 9.71. The van der Waals surface area contributed by atoms with E-state index in [1.165, 1.54) is 12.7 Å². The highest BCUT2D eigenvalue weighted by Gasteiger charge is 2.40. The Hall–Kier alpha value is -4.46. The first-order valence-corrected chi connectivity index (χ1v) is 15.0. The van der Waals surface area contributed by atoms with E-state index in [-0.39, 0.29) is 24.2 Å². The summed E-state index contributed by atoms with van der Waals surface area (Å²) < 4.78 is 5.28. The normalized spacial score (nSPS) is 19.2. The van der Waals surface area contributed by atoms with Crippen molar-refractivity contribution in [3.63, 3.8) is 0 Å². The summed E-state index contributed by atoms with van der Waals surface area (Å²) in [7, 11) is 1.41. The van der Waals surface area contributed by atoms with E-state index in [0.717, 1.165) is 84.7 Å². The number of carbonyl (C=O) groups excluding carboxylic acids is 1. The Labute approximate surface area is 251 Å². The van der Waals surface area contributed by atoms with Crippen molar-refractivity contribution in [2.24, 2.45) is 0 Å². The number of H-pyrrole nitrogens is 2. The van der Waals surface area contributed by atoms with Crippen molar-refractivity contribution in [2.75, 3.05) is 7.11 Å². The van der Waals surface area contributed by atoms with Crippen LogP contribution < -0.4 is 0 Å². The molecule has 2 aliphatic heterocycles. The van der Waals surface area contributed by atoms with Crippen LogP contribution in [0.15, 0.2) is 24.8 Å². The Bertz CT molecular complexity index is 1910. The molecule has 0 radical (unpaired) electrons. The number of aryl methyl sites for hydroxylation is 2. The molecule has 3 aromatic rings. The smallest absolute Gasteiger partial charge is 0.313 e. The number of carboxylic acids is 1. The molecule has 0 saturated carbocycles. The number of aromatic amines is 2. The lowest BCUT2D eigenvalue weighted by Gasteiger charge is -2.18. The monoisotopic (exact) mass is 578 g/mol. The van der Waals surface area contributed by atoms with E-state index < -0.39 is 11.9 Å². The van der Waals surface area contributed by atoms with Gasteiger partial charge in [0.25, 0.3) is 0 Å².